The predicted octanol–water partition coefficient (Wildman–Crippen LogP) is 1.13. The lowest BCUT2D eigenvalue weighted by Crippen LogP contribution is -2.30. The largest absolute Gasteiger partial charge is 0.351 e. The number of amides is 1. The normalized spacial score (nSPS) is 9.39. The maximum absolute atomic E-state index is 11.7. The van der Waals surface area contributed by atoms with Crippen LogP contribution in [0.1, 0.15) is 10.4 Å². The van der Waals surface area contributed by atoms with Gasteiger partial charge >= 0.3 is 0 Å². The number of fused-ring (bicyclic) bond motifs is 1. The number of carbonyl (C=O) groups is 1. The molecule has 18 heavy (non-hydrogen) atoms. The van der Waals surface area contributed by atoms with Gasteiger partial charge in [-0.1, -0.05) is 0 Å². The Labute approximate surface area is 118 Å². The number of nitrogens with one attached hydrogen (secondary N) is 2. The summed E-state index contributed by atoms with van der Waals surface area (Å²) >= 11 is 0. The minimum absolute atomic E-state index is 0. The first-order chi connectivity index (χ1) is 7.81. The van der Waals surface area contributed by atoms with Gasteiger partial charge in [-0.05, 0) is 19.2 Å². The fourth-order valence-corrected chi connectivity index (χ4v) is 1.46. The third kappa shape index (κ3) is 3.87. The van der Waals surface area contributed by atoms with E-state index in [9.17, 15) is 4.79 Å². The van der Waals surface area contributed by atoms with Crippen molar-refractivity contribution in [1.82, 2.24) is 20.0 Å². The molecule has 0 saturated heterocycles. The Balaban J connectivity index is 0.00000144. The van der Waals surface area contributed by atoms with Crippen LogP contribution in [0.5, 0.6) is 0 Å². The van der Waals surface area contributed by atoms with Gasteiger partial charge < -0.3 is 15.0 Å². The summed E-state index contributed by atoms with van der Waals surface area (Å²) in [5.41, 5.74) is 1.48. The van der Waals surface area contributed by atoms with Crippen LogP contribution in [0, 0.1) is 0 Å². The maximum Gasteiger partial charge on any atom is 0.252 e. The van der Waals surface area contributed by atoms with Gasteiger partial charge in [-0.25, -0.2) is 4.98 Å². The molecule has 0 fully saturated rings. The molecule has 0 aliphatic rings. The number of rotatable bonds is 4. The zero-order valence-corrected chi connectivity index (χ0v) is 11.6. The van der Waals surface area contributed by atoms with Crippen molar-refractivity contribution in [3.8, 4) is 0 Å². The number of likely N-dealkylation sites (N-methyl/N-ethyl adjacent to an activating group) is 1. The SMILES string of the molecule is CNCCNC(=O)c1ccc2nccn2c1.Cl.Cl. The Bertz CT molecular complexity index is 501. The Hall–Kier alpha value is -1.30. The molecule has 2 rings (SSSR count). The van der Waals surface area contributed by atoms with Crippen LogP contribution in [0.15, 0.2) is 30.7 Å². The Kier molecular flexibility index (Phi) is 7.35. The lowest BCUT2D eigenvalue weighted by atomic mass is 10.2. The average molecular weight is 291 g/mol. The predicted molar refractivity (Wildman–Crippen MR) is 75.9 cm³/mol. The molecule has 0 radical (unpaired) electrons. The minimum Gasteiger partial charge on any atom is -0.351 e. The van der Waals surface area contributed by atoms with Crippen molar-refractivity contribution in [2.45, 2.75) is 0 Å². The summed E-state index contributed by atoms with van der Waals surface area (Å²) in [5.74, 6) is -0.0640. The topological polar surface area (TPSA) is 58.4 Å². The molecular weight excluding hydrogens is 275 g/mol. The molecule has 0 aliphatic heterocycles. The van der Waals surface area contributed by atoms with Crippen LogP contribution in [0.3, 0.4) is 0 Å². The van der Waals surface area contributed by atoms with Crippen molar-refractivity contribution in [3.63, 3.8) is 0 Å². The number of halogens is 2. The summed E-state index contributed by atoms with van der Waals surface area (Å²) in [7, 11) is 1.85. The molecule has 2 heterocycles. The number of imidazole rings is 1. The van der Waals surface area contributed by atoms with Crippen LogP contribution >= 0.6 is 24.8 Å². The Morgan fingerprint density at radius 2 is 2.11 bits per heavy atom. The smallest absolute Gasteiger partial charge is 0.252 e. The lowest BCUT2D eigenvalue weighted by Gasteiger charge is -2.04. The highest BCUT2D eigenvalue weighted by atomic mass is 35.5. The quantitative estimate of drug-likeness (QED) is 0.830. The lowest BCUT2D eigenvalue weighted by molar-refractivity contribution is 0.0953. The second kappa shape index (κ2) is 7.92. The van der Waals surface area contributed by atoms with Crippen molar-refractivity contribution in [3.05, 3.63) is 36.3 Å². The van der Waals surface area contributed by atoms with Gasteiger partial charge in [-0.15, -0.1) is 24.8 Å². The van der Waals surface area contributed by atoms with E-state index in [1.165, 1.54) is 0 Å². The van der Waals surface area contributed by atoms with Gasteiger partial charge in [-0.2, -0.15) is 0 Å². The summed E-state index contributed by atoms with van der Waals surface area (Å²) in [6, 6.07) is 3.60. The molecule has 0 bridgehead atoms. The zero-order chi connectivity index (χ0) is 11.4. The van der Waals surface area contributed by atoms with E-state index in [1.54, 1.807) is 18.5 Å². The van der Waals surface area contributed by atoms with Crippen molar-refractivity contribution in [2.24, 2.45) is 0 Å². The van der Waals surface area contributed by atoms with E-state index in [0.29, 0.717) is 12.1 Å². The van der Waals surface area contributed by atoms with Gasteiger partial charge in [0.15, 0.2) is 0 Å². The average Bonchev–Trinajstić information content (AvgIpc) is 2.76. The molecule has 2 aromatic rings. The van der Waals surface area contributed by atoms with Gasteiger partial charge in [-0.3, -0.25) is 4.79 Å². The molecule has 5 nitrogen and oxygen atoms in total. The molecule has 0 unspecified atom stereocenters. The van der Waals surface area contributed by atoms with Crippen molar-refractivity contribution in [2.75, 3.05) is 20.1 Å². The Morgan fingerprint density at radius 3 is 2.83 bits per heavy atom. The Morgan fingerprint density at radius 1 is 1.33 bits per heavy atom. The van der Waals surface area contributed by atoms with Crippen LogP contribution in [0.25, 0.3) is 5.65 Å². The summed E-state index contributed by atoms with van der Waals surface area (Å²) in [6.45, 7) is 1.39. The van der Waals surface area contributed by atoms with E-state index >= 15 is 0 Å². The number of aromatic nitrogens is 2. The van der Waals surface area contributed by atoms with Gasteiger partial charge in [0.25, 0.3) is 5.91 Å². The van der Waals surface area contributed by atoms with Crippen LogP contribution in [-0.4, -0.2) is 35.4 Å². The molecule has 2 aromatic heterocycles. The molecule has 0 spiro atoms. The molecule has 1 amide bonds. The molecule has 0 atom stereocenters. The van der Waals surface area contributed by atoms with Gasteiger partial charge in [0.2, 0.25) is 0 Å². The second-order valence-corrected chi connectivity index (χ2v) is 3.47. The zero-order valence-electron chi connectivity index (χ0n) is 9.92. The molecule has 7 heteroatoms. The van der Waals surface area contributed by atoms with Gasteiger partial charge in [0, 0.05) is 31.7 Å². The molecule has 2 N–H and O–H groups in total. The van der Waals surface area contributed by atoms with Crippen LogP contribution in [-0.2, 0) is 0 Å². The molecule has 100 valence electrons. The van der Waals surface area contributed by atoms with Crippen molar-refractivity contribution in [1.29, 1.82) is 0 Å². The summed E-state index contributed by atoms with van der Waals surface area (Å²) in [5, 5.41) is 5.79. The molecule has 0 aromatic carbocycles. The van der Waals surface area contributed by atoms with Gasteiger partial charge in [0.05, 0.1) is 5.56 Å². The summed E-state index contributed by atoms with van der Waals surface area (Å²) < 4.78 is 1.83. The van der Waals surface area contributed by atoms with E-state index < -0.39 is 0 Å². The molecule has 0 aliphatic carbocycles. The number of hydrogen-bond donors (Lipinski definition) is 2. The van der Waals surface area contributed by atoms with Crippen LogP contribution < -0.4 is 10.6 Å². The van der Waals surface area contributed by atoms with E-state index in [2.05, 4.69) is 15.6 Å². The number of hydrogen-bond acceptors (Lipinski definition) is 3. The van der Waals surface area contributed by atoms with Crippen LogP contribution in [0.2, 0.25) is 0 Å². The molecule has 0 saturated carbocycles. The highest BCUT2D eigenvalue weighted by Crippen LogP contribution is 2.04. The first-order valence-electron chi connectivity index (χ1n) is 5.17. The first-order valence-corrected chi connectivity index (χ1v) is 5.17. The van der Waals surface area contributed by atoms with Crippen LogP contribution in [0.4, 0.5) is 0 Å². The summed E-state index contributed by atoms with van der Waals surface area (Å²) in [6.07, 6.45) is 5.30. The standard InChI is InChI=1S/C11H14N4O.2ClH/c1-12-4-5-14-11(16)9-2-3-10-13-6-7-15(10)8-9;;/h2-3,6-8,12H,4-5H2,1H3,(H,14,16);2*1H. The van der Waals surface area contributed by atoms with E-state index in [0.717, 1.165) is 12.2 Å². The third-order valence-electron chi connectivity index (χ3n) is 2.31. The van der Waals surface area contributed by atoms with Crippen molar-refractivity contribution >= 4 is 36.4 Å². The number of pyridine rings is 1. The highest BCUT2D eigenvalue weighted by Gasteiger charge is 2.05. The number of nitrogens with zero attached hydrogens (tertiary/aromatic N) is 2. The number of carbonyl (C=O) groups excluding carboxylic acids is 1. The van der Waals surface area contributed by atoms with E-state index in [4.69, 9.17) is 0 Å². The maximum atomic E-state index is 11.7. The first kappa shape index (κ1) is 16.7. The van der Waals surface area contributed by atoms with E-state index in [1.807, 2.05) is 23.7 Å². The molecular formula is C11H16Cl2N4O. The fourth-order valence-electron chi connectivity index (χ4n) is 1.46. The van der Waals surface area contributed by atoms with Gasteiger partial charge in [0.1, 0.15) is 5.65 Å². The monoisotopic (exact) mass is 290 g/mol. The van der Waals surface area contributed by atoms with Crippen molar-refractivity contribution < 1.29 is 4.79 Å². The second-order valence-electron chi connectivity index (χ2n) is 3.47. The van der Waals surface area contributed by atoms with E-state index in [-0.39, 0.29) is 30.7 Å². The highest BCUT2D eigenvalue weighted by molar-refractivity contribution is 5.94. The third-order valence-corrected chi connectivity index (χ3v) is 2.31. The summed E-state index contributed by atoms with van der Waals surface area (Å²) in [4.78, 5) is 15.8. The fraction of sp³-hybridized carbons (Fsp3) is 0.273. The minimum atomic E-state index is -0.0640.